The summed E-state index contributed by atoms with van der Waals surface area (Å²) in [7, 11) is 3.58. The number of ether oxygens (including phenoxy) is 1. The Morgan fingerprint density at radius 2 is 2.32 bits per heavy atom. The maximum Gasteiger partial charge on any atom is 0.216 e. The van der Waals surface area contributed by atoms with Crippen molar-refractivity contribution in [2.75, 3.05) is 13.7 Å². The first-order valence-corrected chi connectivity index (χ1v) is 7.18. The molecule has 0 aliphatic carbocycles. The number of hydrogen-bond acceptors (Lipinski definition) is 5. The molecule has 2 aromatic heterocycles. The van der Waals surface area contributed by atoms with Crippen molar-refractivity contribution in [2.45, 2.75) is 26.3 Å². The molecule has 0 aromatic carbocycles. The average Bonchev–Trinajstić information content (AvgIpc) is 2.98. The quantitative estimate of drug-likeness (QED) is 0.880. The molecule has 0 saturated carbocycles. The molecule has 104 valence electrons. The molecule has 1 N–H and O–H groups in total. The molecule has 2 rings (SSSR count). The maximum atomic E-state index is 5.38. The lowest BCUT2D eigenvalue weighted by Gasteiger charge is -2.10. The molecule has 2 heterocycles. The Labute approximate surface area is 117 Å². The van der Waals surface area contributed by atoms with E-state index in [1.165, 1.54) is 5.01 Å². The highest BCUT2D eigenvalue weighted by Gasteiger charge is 2.14. The van der Waals surface area contributed by atoms with Gasteiger partial charge in [0.25, 0.3) is 0 Å². The van der Waals surface area contributed by atoms with Gasteiger partial charge in [0, 0.05) is 37.6 Å². The van der Waals surface area contributed by atoms with Crippen LogP contribution in [0.5, 0.6) is 5.88 Å². The molecule has 0 radical (unpaired) electrons. The smallest absolute Gasteiger partial charge is 0.216 e. The molecule has 0 spiro atoms. The molecule has 0 amide bonds. The van der Waals surface area contributed by atoms with Gasteiger partial charge in [0.15, 0.2) is 0 Å². The lowest BCUT2D eigenvalue weighted by atomic mass is 10.2. The molecule has 1 atom stereocenters. The fourth-order valence-corrected chi connectivity index (χ4v) is 2.82. The monoisotopic (exact) mass is 280 g/mol. The first-order chi connectivity index (χ1) is 9.13. The molecule has 0 fully saturated rings. The van der Waals surface area contributed by atoms with Crippen molar-refractivity contribution in [3.05, 3.63) is 27.8 Å². The standard InChI is InChI=1S/C13H20N4OS/c1-9(12-15-5-6-19-12)7-14-8-11-10(2)16-17(3)13(11)18-4/h5-6,9,14H,7-8H2,1-4H3. The Kier molecular flexibility index (Phi) is 4.55. The number of rotatable bonds is 6. The zero-order valence-corrected chi connectivity index (χ0v) is 12.6. The van der Waals surface area contributed by atoms with Crippen molar-refractivity contribution in [3.8, 4) is 5.88 Å². The summed E-state index contributed by atoms with van der Waals surface area (Å²) in [4.78, 5) is 4.33. The van der Waals surface area contributed by atoms with Crippen molar-refractivity contribution in [1.82, 2.24) is 20.1 Å². The first-order valence-electron chi connectivity index (χ1n) is 6.30. The highest BCUT2D eigenvalue weighted by Crippen LogP contribution is 2.21. The van der Waals surface area contributed by atoms with E-state index >= 15 is 0 Å². The van der Waals surface area contributed by atoms with E-state index in [2.05, 4.69) is 22.3 Å². The summed E-state index contributed by atoms with van der Waals surface area (Å²) < 4.78 is 7.15. The van der Waals surface area contributed by atoms with Crippen LogP contribution in [-0.4, -0.2) is 28.4 Å². The van der Waals surface area contributed by atoms with E-state index in [9.17, 15) is 0 Å². The lowest BCUT2D eigenvalue weighted by Crippen LogP contribution is -2.20. The first kappa shape index (κ1) is 14.0. The summed E-state index contributed by atoms with van der Waals surface area (Å²) in [6, 6.07) is 0. The van der Waals surface area contributed by atoms with Crippen LogP contribution in [0.2, 0.25) is 0 Å². The molecule has 1 unspecified atom stereocenters. The zero-order chi connectivity index (χ0) is 13.8. The molecule has 0 aliphatic rings. The minimum absolute atomic E-state index is 0.419. The molecule has 5 nitrogen and oxygen atoms in total. The Balaban J connectivity index is 1.93. The fraction of sp³-hybridized carbons (Fsp3) is 0.538. The van der Waals surface area contributed by atoms with Gasteiger partial charge in [-0.25, -0.2) is 9.67 Å². The van der Waals surface area contributed by atoms with Crippen molar-refractivity contribution in [3.63, 3.8) is 0 Å². The summed E-state index contributed by atoms with van der Waals surface area (Å²) in [6.45, 7) is 5.84. The van der Waals surface area contributed by atoms with Gasteiger partial charge < -0.3 is 10.1 Å². The SMILES string of the molecule is COc1c(CNCC(C)c2nccs2)c(C)nn1C. The summed E-state index contributed by atoms with van der Waals surface area (Å²) in [5, 5.41) is 11.0. The normalized spacial score (nSPS) is 12.6. The second kappa shape index (κ2) is 6.16. The average molecular weight is 280 g/mol. The Bertz CT molecular complexity index is 521. The minimum atomic E-state index is 0.419. The van der Waals surface area contributed by atoms with Crippen molar-refractivity contribution in [1.29, 1.82) is 0 Å². The molecule has 0 aliphatic heterocycles. The van der Waals surface area contributed by atoms with Crippen molar-refractivity contribution >= 4 is 11.3 Å². The van der Waals surface area contributed by atoms with Gasteiger partial charge in [-0.2, -0.15) is 5.10 Å². The van der Waals surface area contributed by atoms with E-state index in [4.69, 9.17) is 4.74 Å². The molecule has 0 saturated heterocycles. The van der Waals surface area contributed by atoms with Crippen LogP contribution < -0.4 is 10.1 Å². The molecular formula is C13H20N4OS. The van der Waals surface area contributed by atoms with Crippen LogP contribution in [0.15, 0.2) is 11.6 Å². The van der Waals surface area contributed by atoms with Crippen LogP contribution in [0.25, 0.3) is 0 Å². The van der Waals surface area contributed by atoms with E-state index < -0.39 is 0 Å². The molecule has 6 heteroatoms. The van der Waals surface area contributed by atoms with Gasteiger partial charge in [0.05, 0.1) is 23.4 Å². The van der Waals surface area contributed by atoms with E-state index in [-0.39, 0.29) is 0 Å². The summed E-state index contributed by atoms with van der Waals surface area (Å²) >= 11 is 1.70. The Morgan fingerprint density at radius 3 is 2.95 bits per heavy atom. The number of hydrogen-bond donors (Lipinski definition) is 1. The highest BCUT2D eigenvalue weighted by molar-refractivity contribution is 7.09. The predicted molar refractivity (Wildman–Crippen MR) is 76.7 cm³/mol. The molecular weight excluding hydrogens is 260 g/mol. The van der Waals surface area contributed by atoms with Gasteiger partial charge >= 0.3 is 0 Å². The second-order valence-electron chi connectivity index (χ2n) is 4.60. The summed E-state index contributed by atoms with van der Waals surface area (Å²) in [6.07, 6.45) is 1.85. The highest BCUT2D eigenvalue weighted by atomic mass is 32.1. The number of nitrogens with zero attached hydrogens (tertiary/aromatic N) is 3. The third-order valence-electron chi connectivity index (χ3n) is 3.11. The zero-order valence-electron chi connectivity index (χ0n) is 11.8. The molecule has 2 aromatic rings. The largest absolute Gasteiger partial charge is 0.481 e. The maximum absolute atomic E-state index is 5.38. The van der Waals surface area contributed by atoms with E-state index in [1.807, 2.05) is 25.5 Å². The predicted octanol–water partition coefficient (Wildman–Crippen LogP) is 2.09. The number of thiazole rings is 1. The van der Waals surface area contributed by atoms with E-state index in [0.717, 1.165) is 30.2 Å². The van der Waals surface area contributed by atoms with Crippen LogP contribution in [0.3, 0.4) is 0 Å². The molecule has 0 bridgehead atoms. The topological polar surface area (TPSA) is 52.0 Å². The second-order valence-corrected chi connectivity index (χ2v) is 5.53. The van der Waals surface area contributed by atoms with Crippen LogP contribution in [0.4, 0.5) is 0 Å². The molecule has 19 heavy (non-hydrogen) atoms. The fourth-order valence-electron chi connectivity index (χ4n) is 2.12. The minimum Gasteiger partial charge on any atom is -0.481 e. The van der Waals surface area contributed by atoms with Crippen LogP contribution in [-0.2, 0) is 13.6 Å². The van der Waals surface area contributed by atoms with E-state index in [0.29, 0.717) is 5.92 Å². The van der Waals surface area contributed by atoms with Gasteiger partial charge in [-0.05, 0) is 6.92 Å². The van der Waals surface area contributed by atoms with Crippen LogP contribution in [0.1, 0.15) is 29.1 Å². The van der Waals surface area contributed by atoms with Gasteiger partial charge in [0.2, 0.25) is 5.88 Å². The Hall–Kier alpha value is -1.40. The summed E-state index contributed by atoms with van der Waals surface area (Å²) in [5.41, 5.74) is 2.13. The Morgan fingerprint density at radius 1 is 1.53 bits per heavy atom. The number of aryl methyl sites for hydroxylation is 2. The number of nitrogens with one attached hydrogen (secondary N) is 1. The van der Waals surface area contributed by atoms with Gasteiger partial charge in [0.1, 0.15) is 0 Å². The van der Waals surface area contributed by atoms with Gasteiger partial charge in [-0.15, -0.1) is 11.3 Å². The third-order valence-corrected chi connectivity index (χ3v) is 4.11. The lowest BCUT2D eigenvalue weighted by molar-refractivity contribution is 0.367. The number of methoxy groups -OCH3 is 1. The van der Waals surface area contributed by atoms with Crippen molar-refractivity contribution in [2.24, 2.45) is 7.05 Å². The third kappa shape index (κ3) is 3.13. The summed E-state index contributed by atoms with van der Waals surface area (Å²) in [5.74, 6) is 1.25. The van der Waals surface area contributed by atoms with Crippen LogP contribution >= 0.6 is 11.3 Å². The number of aromatic nitrogens is 3. The van der Waals surface area contributed by atoms with Gasteiger partial charge in [-0.1, -0.05) is 6.92 Å². The van der Waals surface area contributed by atoms with E-state index in [1.54, 1.807) is 23.1 Å². The van der Waals surface area contributed by atoms with Gasteiger partial charge in [-0.3, -0.25) is 0 Å². The van der Waals surface area contributed by atoms with Crippen molar-refractivity contribution < 1.29 is 4.74 Å². The van der Waals surface area contributed by atoms with Crippen LogP contribution in [0, 0.1) is 6.92 Å².